The predicted molar refractivity (Wildman–Crippen MR) is 78.9 cm³/mol. The lowest BCUT2D eigenvalue weighted by molar-refractivity contribution is -0.140. The molecule has 21 heavy (non-hydrogen) atoms. The van der Waals surface area contributed by atoms with Gasteiger partial charge in [-0.1, -0.05) is 12.1 Å². The zero-order chi connectivity index (χ0) is 15.2. The lowest BCUT2D eigenvalue weighted by Gasteiger charge is -2.26. The van der Waals surface area contributed by atoms with Crippen LogP contribution in [0.1, 0.15) is 6.92 Å². The van der Waals surface area contributed by atoms with Gasteiger partial charge in [0.15, 0.2) is 11.5 Å². The number of hydrogen-bond donors (Lipinski definition) is 2. The first-order valence-electron chi connectivity index (χ1n) is 6.52. The summed E-state index contributed by atoms with van der Waals surface area (Å²) in [5, 5.41) is 11.4. The molecule has 2 atom stereocenters. The molecule has 1 aliphatic heterocycles. The molecule has 1 aromatic rings. The molecule has 1 amide bonds. The van der Waals surface area contributed by atoms with Crippen LogP contribution in [0, 0.1) is 0 Å². The van der Waals surface area contributed by atoms with Gasteiger partial charge in [0.1, 0.15) is 18.8 Å². The summed E-state index contributed by atoms with van der Waals surface area (Å²) in [6, 6.07) is 6.54. The van der Waals surface area contributed by atoms with E-state index < -0.39 is 12.0 Å². The van der Waals surface area contributed by atoms with Gasteiger partial charge in [-0.3, -0.25) is 4.79 Å². The van der Waals surface area contributed by atoms with Gasteiger partial charge in [-0.2, -0.15) is 11.8 Å². The highest BCUT2D eigenvalue weighted by Crippen LogP contribution is 2.31. The van der Waals surface area contributed by atoms with Crippen molar-refractivity contribution in [2.75, 3.05) is 18.1 Å². The summed E-state index contributed by atoms with van der Waals surface area (Å²) >= 11 is 1.41. The first kappa shape index (κ1) is 15.5. The summed E-state index contributed by atoms with van der Waals surface area (Å²) in [6.45, 7) is 1.73. The Morgan fingerprint density at radius 3 is 2.81 bits per heavy atom. The number of thioether (sulfide) groups is 1. The van der Waals surface area contributed by atoms with E-state index in [2.05, 4.69) is 5.32 Å². The van der Waals surface area contributed by atoms with E-state index in [1.54, 1.807) is 0 Å². The van der Waals surface area contributed by atoms with Crippen LogP contribution in [0.3, 0.4) is 0 Å². The van der Waals surface area contributed by atoms with E-state index in [1.165, 1.54) is 18.7 Å². The summed E-state index contributed by atoms with van der Waals surface area (Å²) in [5.41, 5.74) is 0. The van der Waals surface area contributed by atoms with Crippen molar-refractivity contribution in [3.63, 3.8) is 0 Å². The Morgan fingerprint density at radius 2 is 2.14 bits per heavy atom. The van der Waals surface area contributed by atoms with Gasteiger partial charge in [-0.25, -0.2) is 4.79 Å². The number of carboxylic acids is 1. The molecule has 0 aromatic heterocycles. The smallest absolute Gasteiger partial charge is 0.327 e. The second-order valence-electron chi connectivity index (χ2n) is 4.63. The Bertz CT molecular complexity index is 522. The molecule has 2 N–H and O–H groups in total. The van der Waals surface area contributed by atoms with Crippen molar-refractivity contribution in [1.29, 1.82) is 0 Å². The van der Waals surface area contributed by atoms with Crippen LogP contribution in [0.2, 0.25) is 0 Å². The quantitative estimate of drug-likeness (QED) is 0.820. The maximum atomic E-state index is 11.0. The standard InChI is InChI=1S/C14H17NO5S/c1-9(16)15-11(14(17)18)8-21-7-10-6-19-12-4-2-3-5-13(12)20-10/h2-5,10-11H,6-8H2,1H3,(H,15,16)(H,17,18). The third kappa shape index (κ3) is 4.56. The van der Waals surface area contributed by atoms with E-state index in [0.717, 1.165) is 5.75 Å². The molecule has 2 rings (SSSR count). The van der Waals surface area contributed by atoms with Gasteiger partial charge in [0.05, 0.1) is 0 Å². The maximum Gasteiger partial charge on any atom is 0.327 e. The third-order valence-corrected chi connectivity index (χ3v) is 4.01. The summed E-state index contributed by atoms with van der Waals surface area (Å²) in [4.78, 5) is 21.9. The zero-order valence-corrected chi connectivity index (χ0v) is 12.4. The van der Waals surface area contributed by atoms with Gasteiger partial charge >= 0.3 is 5.97 Å². The second kappa shape index (κ2) is 7.21. The van der Waals surface area contributed by atoms with Crippen molar-refractivity contribution >= 4 is 23.6 Å². The van der Waals surface area contributed by atoms with Crippen LogP contribution in [0.4, 0.5) is 0 Å². The van der Waals surface area contributed by atoms with Gasteiger partial charge in [0.25, 0.3) is 0 Å². The van der Waals surface area contributed by atoms with Crippen molar-refractivity contribution in [2.24, 2.45) is 0 Å². The summed E-state index contributed by atoms with van der Waals surface area (Å²) in [6.07, 6.45) is -0.128. The minimum Gasteiger partial charge on any atom is -0.486 e. The van der Waals surface area contributed by atoms with Crippen molar-refractivity contribution in [1.82, 2.24) is 5.32 Å². The molecule has 6 nitrogen and oxygen atoms in total. The number of ether oxygens (including phenoxy) is 2. The Labute approximate surface area is 126 Å². The number of carboxylic acid groups (broad SMARTS) is 1. The fourth-order valence-corrected chi connectivity index (χ4v) is 2.91. The molecule has 0 aliphatic carbocycles. The van der Waals surface area contributed by atoms with Crippen molar-refractivity contribution < 1.29 is 24.2 Å². The van der Waals surface area contributed by atoms with Crippen molar-refractivity contribution in [3.8, 4) is 11.5 Å². The van der Waals surface area contributed by atoms with E-state index in [9.17, 15) is 9.59 Å². The second-order valence-corrected chi connectivity index (χ2v) is 5.70. The van der Waals surface area contributed by atoms with Crippen molar-refractivity contribution in [3.05, 3.63) is 24.3 Å². The Kier molecular flexibility index (Phi) is 5.32. The van der Waals surface area contributed by atoms with Crippen LogP contribution >= 0.6 is 11.8 Å². The first-order valence-corrected chi connectivity index (χ1v) is 7.68. The minimum absolute atomic E-state index is 0.128. The van der Waals surface area contributed by atoms with Crippen molar-refractivity contribution in [2.45, 2.75) is 19.1 Å². The highest BCUT2D eigenvalue weighted by atomic mass is 32.2. The average Bonchev–Trinajstić information content (AvgIpc) is 2.45. The molecular weight excluding hydrogens is 294 g/mol. The number of amides is 1. The Hall–Kier alpha value is -1.89. The topological polar surface area (TPSA) is 84.9 Å². The number of benzene rings is 1. The molecule has 2 unspecified atom stereocenters. The van der Waals surface area contributed by atoms with Crippen LogP contribution in [0.5, 0.6) is 11.5 Å². The van der Waals surface area contributed by atoms with Crippen LogP contribution in [0.15, 0.2) is 24.3 Å². The number of fused-ring (bicyclic) bond motifs is 1. The lowest BCUT2D eigenvalue weighted by atomic mass is 10.3. The minimum atomic E-state index is -1.04. The van der Waals surface area contributed by atoms with E-state index in [-0.39, 0.29) is 17.8 Å². The number of carbonyl (C=O) groups excluding carboxylic acids is 1. The number of rotatable bonds is 6. The van der Waals surface area contributed by atoms with E-state index >= 15 is 0 Å². The van der Waals surface area contributed by atoms with Gasteiger partial charge < -0.3 is 19.9 Å². The number of para-hydroxylation sites is 2. The average molecular weight is 311 g/mol. The Morgan fingerprint density at radius 1 is 1.43 bits per heavy atom. The van der Waals surface area contributed by atoms with Gasteiger partial charge in [-0.15, -0.1) is 0 Å². The molecule has 0 saturated carbocycles. The maximum absolute atomic E-state index is 11.0. The number of aliphatic carboxylic acids is 1. The molecule has 0 saturated heterocycles. The first-order chi connectivity index (χ1) is 10.1. The molecular formula is C14H17NO5S. The fourth-order valence-electron chi connectivity index (χ4n) is 1.88. The largest absolute Gasteiger partial charge is 0.486 e. The number of carbonyl (C=O) groups is 2. The molecule has 1 aromatic carbocycles. The zero-order valence-electron chi connectivity index (χ0n) is 11.6. The van der Waals surface area contributed by atoms with Gasteiger partial charge in [0.2, 0.25) is 5.91 Å². The van der Waals surface area contributed by atoms with Crippen LogP contribution in [-0.4, -0.2) is 47.2 Å². The SMILES string of the molecule is CC(=O)NC(CSCC1COc2ccccc2O1)C(=O)O. The molecule has 1 heterocycles. The third-order valence-electron chi connectivity index (χ3n) is 2.83. The molecule has 7 heteroatoms. The van der Waals surface area contributed by atoms with Crippen LogP contribution in [-0.2, 0) is 9.59 Å². The monoisotopic (exact) mass is 311 g/mol. The summed E-state index contributed by atoms with van der Waals surface area (Å²) < 4.78 is 11.4. The molecule has 0 spiro atoms. The number of nitrogens with one attached hydrogen (secondary N) is 1. The highest BCUT2D eigenvalue weighted by molar-refractivity contribution is 7.99. The highest BCUT2D eigenvalue weighted by Gasteiger charge is 2.23. The summed E-state index contributed by atoms with van der Waals surface area (Å²) in [7, 11) is 0. The molecule has 1 aliphatic rings. The summed E-state index contributed by atoms with van der Waals surface area (Å²) in [5.74, 6) is 0.915. The Balaban J connectivity index is 1.79. The normalized spacial score (nSPS) is 17.9. The fraction of sp³-hybridized carbons (Fsp3) is 0.429. The molecule has 114 valence electrons. The molecule has 0 fully saturated rings. The molecule has 0 bridgehead atoms. The van der Waals surface area contributed by atoms with E-state index in [1.807, 2.05) is 24.3 Å². The van der Waals surface area contributed by atoms with E-state index in [4.69, 9.17) is 14.6 Å². The molecule has 0 radical (unpaired) electrons. The van der Waals surface area contributed by atoms with Gasteiger partial charge in [0, 0.05) is 18.4 Å². The lowest BCUT2D eigenvalue weighted by Crippen LogP contribution is -2.42. The van der Waals surface area contributed by atoms with E-state index in [0.29, 0.717) is 18.1 Å². The van der Waals surface area contributed by atoms with Gasteiger partial charge in [-0.05, 0) is 12.1 Å². The number of hydrogen-bond acceptors (Lipinski definition) is 5. The van der Waals surface area contributed by atoms with Crippen LogP contribution < -0.4 is 14.8 Å². The predicted octanol–water partition coefficient (Wildman–Crippen LogP) is 1.15. The van der Waals surface area contributed by atoms with Crippen LogP contribution in [0.25, 0.3) is 0 Å².